The second kappa shape index (κ2) is 3.62. The number of aryl methyl sites for hydroxylation is 1. The maximum absolute atomic E-state index is 9.73. The molecule has 0 amide bonds. The monoisotopic (exact) mass is 222 g/mol. The largest absolute Gasteiger partial charge is 0.504 e. The van der Waals surface area contributed by atoms with Crippen LogP contribution in [0.1, 0.15) is 0 Å². The van der Waals surface area contributed by atoms with Gasteiger partial charge in [-0.15, -0.1) is 11.8 Å². The highest BCUT2D eigenvalue weighted by molar-refractivity contribution is 7.98. The third-order valence-electron chi connectivity index (χ3n) is 2.40. The highest BCUT2D eigenvalue weighted by Crippen LogP contribution is 2.37. The lowest BCUT2D eigenvalue weighted by Crippen LogP contribution is -2.28. The lowest BCUT2D eigenvalue weighted by atomic mass is 10.2. The maximum atomic E-state index is 9.73. The van der Waals surface area contributed by atoms with Crippen molar-refractivity contribution in [3.8, 4) is 11.5 Å². The number of phenolic OH excluding ortho intramolecular Hbond substituents is 2. The van der Waals surface area contributed by atoms with Crippen molar-refractivity contribution in [2.45, 2.75) is 4.90 Å². The predicted octanol–water partition coefficient (Wildman–Crippen LogP) is 1.80. The van der Waals surface area contributed by atoms with Crippen molar-refractivity contribution in [1.29, 1.82) is 0 Å². The highest BCUT2D eigenvalue weighted by Gasteiger charge is 2.16. The summed E-state index contributed by atoms with van der Waals surface area (Å²) >= 11 is 1.54. The van der Waals surface area contributed by atoms with Gasteiger partial charge in [-0.3, -0.25) is 0 Å². The van der Waals surface area contributed by atoms with Crippen molar-refractivity contribution in [3.05, 3.63) is 24.4 Å². The average molecular weight is 222 g/mol. The number of hydrogen-bond donors (Lipinski definition) is 2. The Morgan fingerprint density at radius 1 is 1.33 bits per heavy atom. The minimum atomic E-state index is -0.0713. The zero-order valence-electron chi connectivity index (χ0n) is 8.56. The van der Waals surface area contributed by atoms with Crippen molar-refractivity contribution >= 4 is 22.7 Å². The molecule has 0 radical (unpaired) electrons. The van der Waals surface area contributed by atoms with E-state index in [2.05, 4.69) is 0 Å². The van der Waals surface area contributed by atoms with Crippen LogP contribution in [0.15, 0.2) is 29.3 Å². The molecule has 0 atom stereocenters. The molecule has 0 spiro atoms. The first-order chi connectivity index (χ1) is 7.15. The summed E-state index contributed by atoms with van der Waals surface area (Å²) in [4.78, 5) is 0.948. The summed E-state index contributed by atoms with van der Waals surface area (Å²) in [6, 6.07) is 5.22. The molecule has 1 aromatic heterocycles. The van der Waals surface area contributed by atoms with Gasteiger partial charge in [-0.1, -0.05) is 0 Å². The quantitative estimate of drug-likeness (QED) is 0.439. The van der Waals surface area contributed by atoms with Gasteiger partial charge in [0.2, 0.25) is 5.52 Å². The Labute approximate surface area is 92.0 Å². The van der Waals surface area contributed by atoms with Crippen LogP contribution in [0.25, 0.3) is 10.9 Å². The molecule has 2 aromatic rings. The SMILES string of the molecule is CSc1cc(O)c(O)c2ccc[n+](C)c12. The van der Waals surface area contributed by atoms with Gasteiger partial charge >= 0.3 is 0 Å². The number of pyridine rings is 1. The fraction of sp³-hybridized carbons (Fsp3) is 0.182. The van der Waals surface area contributed by atoms with Crippen molar-refractivity contribution in [1.82, 2.24) is 0 Å². The zero-order valence-corrected chi connectivity index (χ0v) is 9.38. The van der Waals surface area contributed by atoms with Crippen LogP contribution in [0.5, 0.6) is 11.5 Å². The number of phenols is 2. The lowest BCUT2D eigenvalue weighted by molar-refractivity contribution is -0.646. The van der Waals surface area contributed by atoms with Crippen molar-refractivity contribution in [3.63, 3.8) is 0 Å². The van der Waals surface area contributed by atoms with E-state index < -0.39 is 0 Å². The Hall–Kier alpha value is -1.42. The molecule has 15 heavy (non-hydrogen) atoms. The number of rotatable bonds is 1. The molecule has 0 bridgehead atoms. The molecule has 0 saturated carbocycles. The molecule has 3 nitrogen and oxygen atoms in total. The van der Waals surface area contributed by atoms with Crippen molar-refractivity contribution in [2.75, 3.05) is 6.26 Å². The van der Waals surface area contributed by atoms with Crippen LogP contribution in [-0.2, 0) is 7.05 Å². The molecule has 0 aliphatic rings. The molecule has 0 unspecified atom stereocenters. The minimum Gasteiger partial charge on any atom is -0.504 e. The molecule has 78 valence electrons. The van der Waals surface area contributed by atoms with Crippen molar-refractivity contribution < 1.29 is 14.8 Å². The number of nitrogens with zero attached hydrogens (tertiary/aromatic N) is 1. The van der Waals surface area contributed by atoms with Crippen LogP contribution in [0.2, 0.25) is 0 Å². The summed E-state index contributed by atoms with van der Waals surface area (Å²) < 4.78 is 1.93. The Kier molecular flexibility index (Phi) is 2.44. The van der Waals surface area contributed by atoms with E-state index in [1.54, 1.807) is 23.9 Å². The molecule has 0 fully saturated rings. The standard InChI is InChI=1S/C11H11NO2S/c1-12-5-3-4-7-10(12)9(15-2)6-8(13)11(7)14/h3-6,13H,1-2H3/p+1. The molecule has 1 aromatic carbocycles. The third kappa shape index (κ3) is 1.51. The molecular formula is C11H12NO2S+. The van der Waals surface area contributed by atoms with Gasteiger partial charge in [-0.05, 0) is 12.3 Å². The fourth-order valence-corrected chi connectivity index (χ4v) is 2.34. The Morgan fingerprint density at radius 2 is 2.07 bits per heavy atom. The van der Waals surface area contributed by atoms with Crippen LogP contribution in [0.4, 0.5) is 0 Å². The number of aromatic hydroxyl groups is 2. The first kappa shape index (κ1) is 10.1. The van der Waals surface area contributed by atoms with E-state index in [0.29, 0.717) is 5.39 Å². The highest BCUT2D eigenvalue weighted by atomic mass is 32.2. The van der Waals surface area contributed by atoms with E-state index in [0.717, 1.165) is 10.4 Å². The van der Waals surface area contributed by atoms with E-state index in [4.69, 9.17) is 0 Å². The van der Waals surface area contributed by atoms with Gasteiger partial charge in [0, 0.05) is 12.1 Å². The summed E-state index contributed by atoms with van der Waals surface area (Å²) in [6.07, 6.45) is 3.86. The molecule has 4 heteroatoms. The Balaban J connectivity index is 2.96. The van der Waals surface area contributed by atoms with Gasteiger partial charge in [0.1, 0.15) is 7.05 Å². The third-order valence-corrected chi connectivity index (χ3v) is 3.15. The van der Waals surface area contributed by atoms with Crippen LogP contribution in [-0.4, -0.2) is 16.5 Å². The first-order valence-corrected chi connectivity index (χ1v) is 5.75. The van der Waals surface area contributed by atoms with Gasteiger partial charge in [0.05, 0.1) is 10.3 Å². The van der Waals surface area contributed by atoms with Crippen LogP contribution in [0.3, 0.4) is 0 Å². The number of hydrogen-bond acceptors (Lipinski definition) is 3. The molecule has 0 aliphatic heterocycles. The second-order valence-corrected chi connectivity index (χ2v) is 4.18. The van der Waals surface area contributed by atoms with Gasteiger partial charge < -0.3 is 10.2 Å². The molecular weight excluding hydrogens is 210 g/mol. The second-order valence-electron chi connectivity index (χ2n) is 3.33. The van der Waals surface area contributed by atoms with Crippen LogP contribution in [0, 0.1) is 0 Å². The molecule has 2 rings (SSSR count). The normalized spacial score (nSPS) is 10.8. The number of thioether (sulfide) groups is 1. The summed E-state index contributed by atoms with van der Waals surface area (Å²) in [7, 11) is 1.92. The molecule has 2 N–H and O–H groups in total. The first-order valence-electron chi connectivity index (χ1n) is 4.52. The average Bonchev–Trinajstić information content (AvgIpc) is 2.23. The van der Waals surface area contributed by atoms with Gasteiger partial charge in [-0.2, -0.15) is 4.57 Å². The van der Waals surface area contributed by atoms with Gasteiger partial charge in [0.25, 0.3) is 0 Å². The van der Waals surface area contributed by atoms with Crippen LogP contribution < -0.4 is 4.57 Å². The van der Waals surface area contributed by atoms with E-state index in [9.17, 15) is 10.2 Å². The van der Waals surface area contributed by atoms with Crippen molar-refractivity contribution in [2.24, 2.45) is 7.05 Å². The maximum Gasteiger partial charge on any atom is 0.230 e. The Morgan fingerprint density at radius 3 is 2.73 bits per heavy atom. The van der Waals surface area contributed by atoms with Gasteiger partial charge in [0.15, 0.2) is 17.7 Å². The molecule has 1 heterocycles. The Bertz CT molecular complexity index is 525. The summed E-state index contributed by atoms with van der Waals surface area (Å²) in [5.74, 6) is -0.128. The zero-order chi connectivity index (χ0) is 11.0. The van der Waals surface area contributed by atoms with E-state index in [1.165, 1.54) is 0 Å². The van der Waals surface area contributed by atoms with E-state index in [-0.39, 0.29) is 11.5 Å². The molecule has 0 aliphatic carbocycles. The van der Waals surface area contributed by atoms with E-state index in [1.807, 2.05) is 30.1 Å². The van der Waals surface area contributed by atoms with Gasteiger partial charge in [-0.25, -0.2) is 0 Å². The topological polar surface area (TPSA) is 44.3 Å². The number of benzene rings is 1. The fourth-order valence-electron chi connectivity index (χ4n) is 1.66. The lowest BCUT2D eigenvalue weighted by Gasteiger charge is -2.05. The number of fused-ring (bicyclic) bond motifs is 1. The van der Waals surface area contributed by atoms with Crippen LogP contribution >= 0.6 is 11.8 Å². The van der Waals surface area contributed by atoms with E-state index >= 15 is 0 Å². The molecule has 0 saturated heterocycles. The summed E-state index contributed by atoms with van der Waals surface area (Å²) in [5, 5.41) is 19.9. The smallest absolute Gasteiger partial charge is 0.230 e. The minimum absolute atomic E-state index is 0.0565. The summed E-state index contributed by atoms with van der Waals surface area (Å²) in [6.45, 7) is 0. The number of aromatic nitrogens is 1. The summed E-state index contributed by atoms with van der Waals surface area (Å²) in [5.41, 5.74) is 0.931. The predicted molar refractivity (Wildman–Crippen MR) is 60.2 cm³/mol.